The first-order chi connectivity index (χ1) is 9.67. The van der Waals surface area contributed by atoms with Crippen molar-refractivity contribution >= 4 is 5.91 Å². The van der Waals surface area contributed by atoms with Crippen molar-refractivity contribution in [3.8, 4) is 6.07 Å². The Morgan fingerprint density at radius 2 is 2.05 bits per heavy atom. The Hall–Kier alpha value is -1.86. The molecule has 1 amide bonds. The number of rotatable bonds is 2. The van der Waals surface area contributed by atoms with Crippen molar-refractivity contribution in [1.82, 2.24) is 10.2 Å². The fourth-order valence-corrected chi connectivity index (χ4v) is 3.43. The van der Waals surface area contributed by atoms with Crippen LogP contribution >= 0.6 is 0 Å². The molecule has 2 fully saturated rings. The van der Waals surface area contributed by atoms with E-state index in [-0.39, 0.29) is 5.91 Å². The fourth-order valence-electron chi connectivity index (χ4n) is 3.43. The average molecular weight is 269 g/mol. The minimum atomic E-state index is 0.0217. The Balaban J connectivity index is 1.74. The van der Waals surface area contributed by atoms with Crippen molar-refractivity contribution < 1.29 is 4.79 Å². The lowest BCUT2D eigenvalue weighted by Crippen LogP contribution is -2.48. The standard InChI is InChI=1S/C16H19N3O/c1-19(15-8-13-5-6-14(9-15)18-13)16(20)12-4-2-3-11(7-12)10-17/h2-4,7,13-15,18H,5-6,8-9H2,1H3. The van der Waals surface area contributed by atoms with Gasteiger partial charge in [0, 0.05) is 30.7 Å². The van der Waals surface area contributed by atoms with Crippen molar-refractivity contribution in [2.75, 3.05) is 7.05 Å². The van der Waals surface area contributed by atoms with Gasteiger partial charge in [-0.25, -0.2) is 0 Å². The predicted molar refractivity (Wildman–Crippen MR) is 76.2 cm³/mol. The summed E-state index contributed by atoms with van der Waals surface area (Å²) in [5, 5.41) is 12.5. The summed E-state index contributed by atoms with van der Waals surface area (Å²) in [6, 6.07) is 10.5. The molecule has 0 radical (unpaired) electrons. The summed E-state index contributed by atoms with van der Waals surface area (Å²) in [5.41, 5.74) is 1.15. The lowest BCUT2D eigenvalue weighted by atomic mass is 9.98. The zero-order valence-electron chi connectivity index (χ0n) is 11.7. The summed E-state index contributed by atoms with van der Waals surface area (Å²) < 4.78 is 0. The Labute approximate surface area is 119 Å². The van der Waals surface area contributed by atoms with E-state index in [1.165, 1.54) is 12.8 Å². The molecule has 0 aromatic heterocycles. The van der Waals surface area contributed by atoms with E-state index < -0.39 is 0 Å². The minimum absolute atomic E-state index is 0.0217. The maximum atomic E-state index is 12.5. The van der Waals surface area contributed by atoms with Crippen molar-refractivity contribution in [1.29, 1.82) is 5.26 Å². The van der Waals surface area contributed by atoms with Crippen molar-refractivity contribution in [2.45, 2.75) is 43.8 Å². The highest BCUT2D eigenvalue weighted by Gasteiger charge is 2.36. The molecule has 2 saturated heterocycles. The molecule has 1 aromatic rings. The van der Waals surface area contributed by atoms with Gasteiger partial charge in [0.1, 0.15) is 0 Å². The first-order valence-electron chi connectivity index (χ1n) is 7.20. The first kappa shape index (κ1) is 13.1. The number of nitrogens with one attached hydrogen (secondary N) is 1. The fraction of sp³-hybridized carbons (Fsp3) is 0.500. The van der Waals surface area contributed by atoms with Crippen molar-refractivity contribution in [2.24, 2.45) is 0 Å². The third-order valence-electron chi connectivity index (χ3n) is 4.55. The minimum Gasteiger partial charge on any atom is -0.339 e. The molecule has 0 saturated carbocycles. The van der Waals surface area contributed by atoms with Gasteiger partial charge in [-0.2, -0.15) is 5.26 Å². The zero-order chi connectivity index (χ0) is 14.1. The molecule has 20 heavy (non-hydrogen) atoms. The largest absolute Gasteiger partial charge is 0.339 e. The zero-order valence-corrected chi connectivity index (χ0v) is 11.7. The van der Waals surface area contributed by atoms with Crippen LogP contribution in [0.2, 0.25) is 0 Å². The Kier molecular flexibility index (Phi) is 3.45. The highest BCUT2D eigenvalue weighted by Crippen LogP contribution is 2.29. The number of nitriles is 1. The van der Waals surface area contributed by atoms with Gasteiger partial charge in [-0.1, -0.05) is 6.07 Å². The number of carbonyl (C=O) groups is 1. The number of hydrogen-bond donors (Lipinski definition) is 1. The van der Waals surface area contributed by atoms with Gasteiger partial charge in [-0.15, -0.1) is 0 Å². The molecule has 1 aromatic carbocycles. The molecule has 0 spiro atoms. The van der Waals surface area contributed by atoms with Gasteiger partial charge in [0.2, 0.25) is 0 Å². The first-order valence-corrected chi connectivity index (χ1v) is 7.20. The highest BCUT2D eigenvalue weighted by atomic mass is 16.2. The normalized spacial score (nSPS) is 27.9. The molecule has 0 aliphatic carbocycles. The number of nitrogens with zero attached hydrogens (tertiary/aromatic N) is 2. The molecular weight excluding hydrogens is 250 g/mol. The van der Waals surface area contributed by atoms with E-state index in [0.717, 1.165) is 12.8 Å². The average Bonchev–Trinajstić information content (AvgIpc) is 2.84. The van der Waals surface area contributed by atoms with Gasteiger partial charge < -0.3 is 10.2 Å². The van der Waals surface area contributed by atoms with Gasteiger partial charge >= 0.3 is 0 Å². The SMILES string of the molecule is CN(C(=O)c1cccc(C#N)c1)C1CC2CCC(C1)N2. The highest BCUT2D eigenvalue weighted by molar-refractivity contribution is 5.94. The second-order valence-electron chi connectivity index (χ2n) is 5.87. The molecule has 4 nitrogen and oxygen atoms in total. The van der Waals surface area contributed by atoms with E-state index in [2.05, 4.69) is 11.4 Å². The maximum absolute atomic E-state index is 12.5. The molecule has 2 unspecified atom stereocenters. The molecule has 3 rings (SSSR count). The van der Waals surface area contributed by atoms with Gasteiger partial charge in [0.15, 0.2) is 0 Å². The summed E-state index contributed by atoms with van der Waals surface area (Å²) in [6.07, 6.45) is 4.54. The molecule has 2 heterocycles. The number of fused-ring (bicyclic) bond motifs is 2. The van der Waals surface area contributed by atoms with E-state index in [4.69, 9.17) is 5.26 Å². The van der Waals surface area contributed by atoms with Crippen LogP contribution < -0.4 is 5.32 Å². The number of piperidine rings is 1. The molecular formula is C16H19N3O. The van der Waals surface area contributed by atoms with Gasteiger partial charge in [-0.3, -0.25) is 4.79 Å². The van der Waals surface area contributed by atoms with Crippen LogP contribution in [0.1, 0.15) is 41.6 Å². The molecule has 1 N–H and O–H groups in total. The lowest BCUT2D eigenvalue weighted by Gasteiger charge is -2.35. The molecule has 2 atom stereocenters. The van der Waals surface area contributed by atoms with Crippen LogP contribution in [-0.2, 0) is 0 Å². The van der Waals surface area contributed by atoms with E-state index in [9.17, 15) is 4.79 Å². The number of carbonyl (C=O) groups excluding carboxylic acids is 1. The summed E-state index contributed by atoms with van der Waals surface area (Å²) in [5.74, 6) is 0.0217. The number of amides is 1. The Bertz CT molecular complexity index is 551. The van der Waals surface area contributed by atoms with E-state index in [0.29, 0.717) is 29.3 Å². The van der Waals surface area contributed by atoms with Crippen LogP contribution in [0.4, 0.5) is 0 Å². The third kappa shape index (κ3) is 2.41. The van der Waals surface area contributed by atoms with Crippen LogP contribution in [0.15, 0.2) is 24.3 Å². The molecule has 2 bridgehead atoms. The van der Waals surface area contributed by atoms with Crippen molar-refractivity contribution in [3.63, 3.8) is 0 Å². The quantitative estimate of drug-likeness (QED) is 0.892. The molecule has 104 valence electrons. The lowest BCUT2D eigenvalue weighted by molar-refractivity contribution is 0.0681. The third-order valence-corrected chi connectivity index (χ3v) is 4.55. The smallest absolute Gasteiger partial charge is 0.253 e. The van der Waals surface area contributed by atoms with Crippen LogP contribution in [0.3, 0.4) is 0 Å². The molecule has 2 aliphatic rings. The molecule has 2 aliphatic heterocycles. The second kappa shape index (κ2) is 5.26. The molecule has 4 heteroatoms. The summed E-state index contributed by atoms with van der Waals surface area (Å²) in [4.78, 5) is 14.4. The Morgan fingerprint density at radius 3 is 2.70 bits per heavy atom. The van der Waals surface area contributed by atoms with Crippen LogP contribution in [0, 0.1) is 11.3 Å². The van der Waals surface area contributed by atoms with Gasteiger partial charge in [-0.05, 0) is 43.9 Å². The van der Waals surface area contributed by atoms with Crippen LogP contribution in [-0.4, -0.2) is 36.0 Å². The monoisotopic (exact) mass is 269 g/mol. The Morgan fingerprint density at radius 1 is 1.35 bits per heavy atom. The van der Waals surface area contributed by atoms with Crippen LogP contribution in [0.25, 0.3) is 0 Å². The van der Waals surface area contributed by atoms with E-state index in [1.54, 1.807) is 24.3 Å². The van der Waals surface area contributed by atoms with Gasteiger partial charge in [0.05, 0.1) is 11.6 Å². The summed E-state index contributed by atoms with van der Waals surface area (Å²) in [7, 11) is 1.89. The summed E-state index contributed by atoms with van der Waals surface area (Å²) in [6.45, 7) is 0. The summed E-state index contributed by atoms with van der Waals surface area (Å²) >= 11 is 0. The topological polar surface area (TPSA) is 56.1 Å². The predicted octanol–water partition coefficient (Wildman–Crippen LogP) is 1.91. The van der Waals surface area contributed by atoms with E-state index >= 15 is 0 Å². The van der Waals surface area contributed by atoms with Crippen LogP contribution in [0.5, 0.6) is 0 Å². The number of hydrogen-bond acceptors (Lipinski definition) is 3. The van der Waals surface area contributed by atoms with E-state index in [1.807, 2.05) is 11.9 Å². The van der Waals surface area contributed by atoms with Crippen molar-refractivity contribution in [3.05, 3.63) is 35.4 Å². The number of benzene rings is 1. The van der Waals surface area contributed by atoms with Gasteiger partial charge in [0.25, 0.3) is 5.91 Å². The second-order valence-corrected chi connectivity index (χ2v) is 5.87. The maximum Gasteiger partial charge on any atom is 0.253 e.